The Bertz CT molecular complexity index is 1190. The van der Waals surface area contributed by atoms with Gasteiger partial charge in [-0.3, -0.25) is 9.59 Å². The Morgan fingerprint density at radius 2 is 1.85 bits per heavy atom. The third-order valence-electron chi connectivity index (χ3n) is 5.44. The molecule has 0 aliphatic carbocycles. The molecule has 2 N–H and O–H groups in total. The van der Waals surface area contributed by atoms with Crippen molar-refractivity contribution < 1.29 is 14.6 Å². The minimum atomic E-state index is -0.488. The molecule has 0 aliphatic rings. The van der Waals surface area contributed by atoms with Crippen molar-refractivity contribution in [1.29, 1.82) is 0 Å². The van der Waals surface area contributed by atoms with E-state index in [0.717, 1.165) is 31.3 Å². The number of fused-ring (bicyclic) bond motifs is 1. The summed E-state index contributed by atoms with van der Waals surface area (Å²) in [5.74, 6) is -0.454. The van der Waals surface area contributed by atoms with Crippen LogP contribution < -0.4 is 15.6 Å². The van der Waals surface area contributed by atoms with E-state index in [0.29, 0.717) is 28.7 Å². The van der Waals surface area contributed by atoms with Crippen molar-refractivity contribution in [3.63, 3.8) is 0 Å². The fourth-order valence-corrected chi connectivity index (χ4v) is 3.64. The number of hydrogen-bond donors (Lipinski definition) is 2. The Morgan fingerprint density at radius 3 is 2.55 bits per heavy atom. The molecule has 6 nitrogen and oxygen atoms in total. The monoisotopic (exact) mass is 448 g/mol. The highest BCUT2D eigenvalue weighted by Crippen LogP contribution is 2.34. The second kappa shape index (κ2) is 11.4. The lowest BCUT2D eigenvalue weighted by Crippen LogP contribution is -2.21. The van der Waals surface area contributed by atoms with Crippen molar-refractivity contribution in [2.75, 3.05) is 11.9 Å². The van der Waals surface area contributed by atoms with E-state index < -0.39 is 5.56 Å². The third-order valence-corrected chi connectivity index (χ3v) is 5.44. The molecule has 1 aromatic heterocycles. The van der Waals surface area contributed by atoms with Crippen LogP contribution in [-0.2, 0) is 6.54 Å². The Kier molecular flexibility index (Phi) is 8.30. The number of pyridine rings is 1. The maximum atomic E-state index is 13.0. The third kappa shape index (κ3) is 6.04. The van der Waals surface area contributed by atoms with Crippen molar-refractivity contribution in [2.24, 2.45) is 0 Å². The molecule has 0 unspecified atom stereocenters. The standard InChI is InChI=1S/C27H32N2O4/c1-4-5-6-10-16-29-23-18-21(28-26(31)20-11-8-7-9-12-20)13-14-22(23)25(24(30)27(29)32)33-17-15-19(2)3/h7-9,11-15,18,30H,4-6,10,16-17H2,1-3H3,(H,28,31). The molecule has 1 heterocycles. The van der Waals surface area contributed by atoms with E-state index in [1.54, 1.807) is 34.9 Å². The summed E-state index contributed by atoms with van der Waals surface area (Å²) in [5, 5.41) is 14.2. The molecular weight excluding hydrogens is 416 g/mol. The zero-order valence-electron chi connectivity index (χ0n) is 19.6. The number of benzene rings is 2. The van der Waals surface area contributed by atoms with Crippen molar-refractivity contribution in [3.05, 3.63) is 76.1 Å². The van der Waals surface area contributed by atoms with Gasteiger partial charge in [0, 0.05) is 23.2 Å². The van der Waals surface area contributed by atoms with Gasteiger partial charge in [0.1, 0.15) is 6.61 Å². The summed E-state index contributed by atoms with van der Waals surface area (Å²) in [6, 6.07) is 14.3. The summed E-state index contributed by atoms with van der Waals surface area (Å²) in [6.07, 6.45) is 5.87. The first-order valence-electron chi connectivity index (χ1n) is 11.4. The molecule has 0 saturated heterocycles. The number of allylic oxidation sites excluding steroid dienone is 1. The van der Waals surface area contributed by atoms with Crippen LogP contribution in [0.3, 0.4) is 0 Å². The van der Waals surface area contributed by atoms with Crippen molar-refractivity contribution in [2.45, 2.75) is 53.0 Å². The smallest absolute Gasteiger partial charge is 0.297 e. The number of carbonyl (C=O) groups excluding carboxylic acids is 1. The minimum Gasteiger partial charge on any atom is -0.500 e. The molecule has 0 atom stereocenters. The molecule has 174 valence electrons. The highest BCUT2D eigenvalue weighted by atomic mass is 16.5. The lowest BCUT2D eigenvalue weighted by atomic mass is 10.1. The maximum absolute atomic E-state index is 13.0. The minimum absolute atomic E-state index is 0.165. The van der Waals surface area contributed by atoms with Gasteiger partial charge in [0.2, 0.25) is 5.75 Å². The van der Waals surface area contributed by atoms with E-state index in [2.05, 4.69) is 12.2 Å². The maximum Gasteiger partial charge on any atom is 0.297 e. The quantitative estimate of drug-likeness (QED) is 0.300. The molecule has 0 spiro atoms. The van der Waals surface area contributed by atoms with Gasteiger partial charge in [0.15, 0.2) is 5.75 Å². The number of aryl methyl sites for hydroxylation is 1. The number of anilines is 1. The highest BCUT2D eigenvalue weighted by Gasteiger charge is 2.18. The first-order chi connectivity index (χ1) is 15.9. The fourth-order valence-electron chi connectivity index (χ4n) is 3.64. The number of ether oxygens (including phenoxy) is 1. The molecule has 0 saturated carbocycles. The zero-order valence-corrected chi connectivity index (χ0v) is 19.6. The normalized spacial score (nSPS) is 10.8. The molecular formula is C27H32N2O4. The molecule has 3 rings (SSSR count). The second-order valence-corrected chi connectivity index (χ2v) is 8.34. The van der Waals surface area contributed by atoms with Crippen LogP contribution in [-0.4, -0.2) is 22.2 Å². The summed E-state index contributed by atoms with van der Waals surface area (Å²) < 4.78 is 7.38. The van der Waals surface area contributed by atoms with Crippen LogP contribution in [0, 0.1) is 0 Å². The number of nitrogens with one attached hydrogen (secondary N) is 1. The molecule has 0 aliphatic heterocycles. The van der Waals surface area contributed by atoms with Gasteiger partial charge in [-0.05, 0) is 56.7 Å². The van der Waals surface area contributed by atoms with Gasteiger partial charge in [0.05, 0.1) is 5.52 Å². The second-order valence-electron chi connectivity index (χ2n) is 8.34. The average Bonchev–Trinajstić information content (AvgIpc) is 2.81. The molecule has 0 fully saturated rings. The van der Waals surface area contributed by atoms with Gasteiger partial charge in [-0.2, -0.15) is 0 Å². The van der Waals surface area contributed by atoms with E-state index in [4.69, 9.17) is 4.74 Å². The first-order valence-corrected chi connectivity index (χ1v) is 11.4. The number of aromatic hydroxyl groups is 1. The molecule has 3 aromatic rings. The van der Waals surface area contributed by atoms with E-state index in [-0.39, 0.29) is 24.0 Å². The van der Waals surface area contributed by atoms with Gasteiger partial charge in [0.25, 0.3) is 11.5 Å². The predicted octanol–water partition coefficient (Wildman–Crippen LogP) is 5.88. The van der Waals surface area contributed by atoms with E-state index in [1.807, 2.05) is 38.1 Å². The Morgan fingerprint density at radius 1 is 1.09 bits per heavy atom. The van der Waals surface area contributed by atoms with Crippen molar-refractivity contribution in [3.8, 4) is 11.5 Å². The van der Waals surface area contributed by atoms with Crippen molar-refractivity contribution in [1.82, 2.24) is 4.57 Å². The van der Waals surface area contributed by atoms with Crippen LogP contribution >= 0.6 is 0 Å². The largest absolute Gasteiger partial charge is 0.500 e. The van der Waals surface area contributed by atoms with Gasteiger partial charge >= 0.3 is 0 Å². The van der Waals surface area contributed by atoms with Gasteiger partial charge in [-0.15, -0.1) is 0 Å². The Hall–Kier alpha value is -3.54. The van der Waals surface area contributed by atoms with Gasteiger partial charge in [-0.1, -0.05) is 50.0 Å². The topological polar surface area (TPSA) is 80.6 Å². The molecule has 6 heteroatoms. The van der Waals surface area contributed by atoms with Crippen LogP contribution in [0.4, 0.5) is 5.69 Å². The van der Waals surface area contributed by atoms with Crippen LogP contribution in [0.5, 0.6) is 11.5 Å². The number of rotatable bonds is 10. The molecule has 0 bridgehead atoms. The number of nitrogens with zero attached hydrogens (tertiary/aromatic N) is 1. The van der Waals surface area contributed by atoms with E-state index in [1.165, 1.54) is 0 Å². The number of amides is 1. The predicted molar refractivity (Wildman–Crippen MR) is 133 cm³/mol. The molecule has 33 heavy (non-hydrogen) atoms. The summed E-state index contributed by atoms with van der Waals surface area (Å²) in [6.45, 7) is 6.77. The van der Waals surface area contributed by atoms with Crippen LogP contribution in [0.2, 0.25) is 0 Å². The lowest BCUT2D eigenvalue weighted by Gasteiger charge is -2.17. The SMILES string of the molecule is CCCCCCn1c(=O)c(O)c(OCC=C(C)C)c2ccc(NC(=O)c3ccccc3)cc21. The summed E-state index contributed by atoms with van der Waals surface area (Å²) >= 11 is 0. The van der Waals surface area contributed by atoms with Crippen molar-refractivity contribution >= 4 is 22.5 Å². The molecule has 0 radical (unpaired) electrons. The van der Waals surface area contributed by atoms with Crippen LogP contribution in [0.15, 0.2) is 65.0 Å². The Labute approximate surface area is 194 Å². The average molecular weight is 449 g/mol. The first kappa shape index (κ1) is 24.1. The molecule has 1 amide bonds. The number of hydrogen-bond acceptors (Lipinski definition) is 4. The lowest BCUT2D eigenvalue weighted by molar-refractivity contribution is 0.102. The highest BCUT2D eigenvalue weighted by molar-refractivity contribution is 6.05. The molecule has 2 aromatic carbocycles. The summed E-state index contributed by atoms with van der Waals surface area (Å²) in [5.41, 5.74) is 2.32. The number of carbonyl (C=O) groups is 1. The van der Waals surface area contributed by atoms with Crippen LogP contribution in [0.25, 0.3) is 10.9 Å². The summed E-state index contributed by atoms with van der Waals surface area (Å²) in [4.78, 5) is 25.7. The van der Waals surface area contributed by atoms with E-state index in [9.17, 15) is 14.7 Å². The number of unbranched alkanes of at least 4 members (excludes halogenated alkanes) is 3. The van der Waals surface area contributed by atoms with Gasteiger partial charge < -0.3 is 19.7 Å². The summed E-state index contributed by atoms with van der Waals surface area (Å²) in [7, 11) is 0. The zero-order chi connectivity index (χ0) is 23.8. The Balaban J connectivity index is 2.03. The van der Waals surface area contributed by atoms with Crippen LogP contribution in [0.1, 0.15) is 56.8 Å². The number of aromatic nitrogens is 1. The van der Waals surface area contributed by atoms with E-state index >= 15 is 0 Å². The van der Waals surface area contributed by atoms with Gasteiger partial charge in [-0.25, -0.2) is 0 Å². The fraction of sp³-hybridized carbons (Fsp3) is 0.333.